The molecule has 2 saturated heterocycles. The fourth-order valence-corrected chi connectivity index (χ4v) is 3.13. The highest BCUT2D eigenvalue weighted by atomic mass is 16.2. The van der Waals surface area contributed by atoms with Gasteiger partial charge in [0.2, 0.25) is 11.8 Å². The van der Waals surface area contributed by atoms with Crippen LogP contribution in [0.2, 0.25) is 0 Å². The van der Waals surface area contributed by atoms with Gasteiger partial charge in [-0.3, -0.25) is 9.59 Å². The summed E-state index contributed by atoms with van der Waals surface area (Å²) in [6, 6.07) is -0.343. The molecular weight excluding hydrogens is 242 g/mol. The van der Waals surface area contributed by atoms with Crippen molar-refractivity contribution in [3.05, 3.63) is 0 Å². The average molecular weight is 267 g/mol. The molecule has 0 aromatic heterocycles. The molecule has 2 aliphatic rings. The predicted molar refractivity (Wildman–Crippen MR) is 73.6 cm³/mol. The standard InChI is InChI=1S/C14H25N3O2/c1-2-6-14(7-9-15-10-14)13(19)17-11-5-3-4-8-16-12(11)18/h11,15H,2-10H2,1H3,(H,16,18)(H,17,19). The van der Waals surface area contributed by atoms with E-state index in [1.807, 2.05) is 0 Å². The molecule has 0 radical (unpaired) electrons. The first kappa shape index (κ1) is 14.3. The van der Waals surface area contributed by atoms with Gasteiger partial charge in [0.1, 0.15) is 6.04 Å². The Balaban J connectivity index is 1.99. The summed E-state index contributed by atoms with van der Waals surface area (Å²) in [7, 11) is 0. The van der Waals surface area contributed by atoms with Crippen molar-refractivity contribution < 1.29 is 9.59 Å². The Kier molecular flexibility index (Phi) is 4.80. The summed E-state index contributed by atoms with van der Waals surface area (Å²) in [5, 5.41) is 9.13. The summed E-state index contributed by atoms with van der Waals surface area (Å²) < 4.78 is 0. The van der Waals surface area contributed by atoms with Crippen LogP contribution in [-0.2, 0) is 9.59 Å². The Labute approximate surface area is 114 Å². The number of carbonyl (C=O) groups is 2. The number of nitrogens with one attached hydrogen (secondary N) is 3. The maximum atomic E-state index is 12.6. The fraction of sp³-hybridized carbons (Fsp3) is 0.857. The fourth-order valence-electron chi connectivity index (χ4n) is 3.13. The average Bonchev–Trinajstić information content (AvgIpc) is 2.78. The summed E-state index contributed by atoms with van der Waals surface area (Å²) in [4.78, 5) is 24.4. The molecule has 19 heavy (non-hydrogen) atoms. The Morgan fingerprint density at radius 1 is 1.42 bits per heavy atom. The normalized spacial score (nSPS) is 31.6. The molecule has 3 N–H and O–H groups in total. The largest absolute Gasteiger partial charge is 0.354 e. The van der Waals surface area contributed by atoms with E-state index in [4.69, 9.17) is 0 Å². The van der Waals surface area contributed by atoms with Crippen molar-refractivity contribution in [2.45, 2.75) is 51.5 Å². The summed E-state index contributed by atoms with van der Waals surface area (Å²) in [6.45, 7) is 4.46. The van der Waals surface area contributed by atoms with E-state index in [-0.39, 0.29) is 23.3 Å². The Hall–Kier alpha value is -1.10. The molecule has 2 fully saturated rings. The van der Waals surface area contributed by atoms with Crippen molar-refractivity contribution in [2.75, 3.05) is 19.6 Å². The van der Waals surface area contributed by atoms with E-state index >= 15 is 0 Å². The first-order valence-electron chi connectivity index (χ1n) is 7.47. The Morgan fingerprint density at radius 3 is 2.95 bits per heavy atom. The molecule has 0 aromatic rings. The van der Waals surface area contributed by atoms with Crippen molar-refractivity contribution in [1.82, 2.24) is 16.0 Å². The van der Waals surface area contributed by atoms with Crippen LogP contribution < -0.4 is 16.0 Å². The first-order chi connectivity index (χ1) is 9.18. The lowest BCUT2D eigenvalue weighted by Crippen LogP contribution is -2.51. The predicted octanol–water partition coefficient (Wildman–Crippen LogP) is 0.551. The second-order valence-corrected chi connectivity index (χ2v) is 5.77. The monoisotopic (exact) mass is 267 g/mol. The minimum atomic E-state index is -0.343. The molecule has 2 amide bonds. The van der Waals surface area contributed by atoms with E-state index in [1.54, 1.807) is 0 Å². The summed E-state index contributed by atoms with van der Waals surface area (Å²) in [5.41, 5.74) is -0.304. The van der Waals surface area contributed by atoms with E-state index in [0.29, 0.717) is 0 Å². The van der Waals surface area contributed by atoms with Gasteiger partial charge in [-0.05, 0) is 38.6 Å². The molecule has 5 heteroatoms. The summed E-state index contributed by atoms with van der Waals surface area (Å²) in [5.74, 6) is 0.0323. The second-order valence-electron chi connectivity index (χ2n) is 5.77. The van der Waals surface area contributed by atoms with E-state index in [9.17, 15) is 9.59 Å². The van der Waals surface area contributed by atoms with Gasteiger partial charge in [0.05, 0.1) is 5.41 Å². The molecule has 2 aliphatic heterocycles. The van der Waals surface area contributed by atoms with Crippen LogP contribution in [0.3, 0.4) is 0 Å². The van der Waals surface area contributed by atoms with Gasteiger partial charge in [-0.25, -0.2) is 0 Å². The molecule has 108 valence electrons. The number of rotatable bonds is 4. The summed E-state index contributed by atoms with van der Waals surface area (Å²) in [6.07, 6.45) is 5.50. The highest BCUT2D eigenvalue weighted by Crippen LogP contribution is 2.31. The molecule has 2 atom stereocenters. The van der Waals surface area contributed by atoms with Crippen LogP contribution >= 0.6 is 0 Å². The van der Waals surface area contributed by atoms with Gasteiger partial charge in [-0.15, -0.1) is 0 Å². The number of carbonyl (C=O) groups excluding carboxylic acids is 2. The highest BCUT2D eigenvalue weighted by Gasteiger charge is 2.41. The van der Waals surface area contributed by atoms with Crippen molar-refractivity contribution in [3.63, 3.8) is 0 Å². The number of hydrogen-bond donors (Lipinski definition) is 3. The zero-order valence-electron chi connectivity index (χ0n) is 11.8. The van der Waals surface area contributed by atoms with Gasteiger partial charge in [0.25, 0.3) is 0 Å². The minimum absolute atomic E-state index is 0.0246. The molecule has 2 heterocycles. The van der Waals surface area contributed by atoms with Gasteiger partial charge in [-0.2, -0.15) is 0 Å². The van der Waals surface area contributed by atoms with Crippen molar-refractivity contribution in [2.24, 2.45) is 5.41 Å². The van der Waals surface area contributed by atoms with Gasteiger partial charge >= 0.3 is 0 Å². The first-order valence-corrected chi connectivity index (χ1v) is 7.47. The lowest BCUT2D eigenvalue weighted by Gasteiger charge is -2.28. The van der Waals surface area contributed by atoms with Crippen LogP contribution in [0.15, 0.2) is 0 Å². The highest BCUT2D eigenvalue weighted by molar-refractivity contribution is 5.90. The van der Waals surface area contributed by atoms with Gasteiger partial charge in [0.15, 0.2) is 0 Å². The van der Waals surface area contributed by atoms with Crippen LogP contribution in [-0.4, -0.2) is 37.5 Å². The SMILES string of the molecule is CCCC1(C(=O)NC2CCCCNC2=O)CCNC1. The van der Waals surface area contributed by atoms with Gasteiger partial charge < -0.3 is 16.0 Å². The lowest BCUT2D eigenvalue weighted by molar-refractivity contribution is -0.135. The quantitative estimate of drug-likeness (QED) is 0.697. The Bertz CT molecular complexity index is 338. The van der Waals surface area contributed by atoms with Crippen LogP contribution in [0.1, 0.15) is 45.4 Å². The molecule has 0 aliphatic carbocycles. The third-order valence-electron chi connectivity index (χ3n) is 4.29. The lowest BCUT2D eigenvalue weighted by atomic mass is 9.81. The van der Waals surface area contributed by atoms with Crippen molar-refractivity contribution in [1.29, 1.82) is 0 Å². The molecule has 0 bridgehead atoms. The minimum Gasteiger partial charge on any atom is -0.354 e. The molecule has 5 nitrogen and oxygen atoms in total. The smallest absolute Gasteiger partial charge is 0.242 e. The number of hydrogen-bond acceptors (Lipinski definition) is 3. The zero-order chi connectivity index (χ0) is 13.7. The van der Waals surface area contributed by atoms with Crippen molar-refractivity contribution in [3.8, 4) is 0 Å². The maximum absolute atomic E-state index is 12.6. The number of amides is 2. The van der Waals surface area contributed by atoms with E-state index < -0.39 is 0 Å². The van der Waals surface area contributed by atoms with Crippen LogP contribution in [0.25, 0.3) is 0 Å². The van der Waals surface area contributed by atoms with Crippen LogP contribution in [0.4, 0.5) is 0 Å². The molecular formula is C14H25N3O2. The van der Waals surface area contributed by atoms with Crippen LogP contribution in [0, 0.1) is 5.41 Å². The topological polar surface area (TPSA) is 70.2 Å². The Morgan fingerprint density at radius 2 is 2.26 bits per heavy atom. The molecule has 2 rings (SSSR count). The third-order valence-corrected chi connectivity index (χ3v) is 4.29. The summed E-state index contributed by atoms with van der Waals surface area (Å²) >= 11 is 0. The van der Waals surface area contributed by atoms with E-state index in [2.05, 4.69) is 22.9 Å². The van der Waals surface area contributed by atoms with E-state index in [0.717, 1.165) is 58.2 Å². The van der Waals surface area contributed by atoms with Crippen LogP contribution in [0.5, 0.6) is 0 Å². The second kappa shape index (κ2) is 6.37. The van der Waals surface area contributed by atoms with Gasteiger partial charge in [0, 0.05) is 13.1 Å². The van der Waals surface area contributed by atoms with Crippen molar-refractivity contribution >= 4 is 11.8 Å². The molecule has 0 saturated carbocycles. The molecule has 0 spiro atoms. The molecule has 2 unspecified atom stereocenters. The molecule has 0 aromatic carbocycles. The van der Waals surface area contributed by atoms with E-state index in [1.165, 1.54) is 0 Å². The zero-order valence-corrected chi connectivity index (χ0v) is 11.8. The van der Waals surface area contributed by atoms with Gasteiger partial charge in [-0.1, -0.05) is 13.3 Å². The maximum Gasteiger partial charge on any atom is 0.242 e. The third kappa shape index (κ3) is 3.26.